The number of methoxy groups -OCH3 is 2. The molecule has 8 heteroatoms. The van der Waals surface area contributed by atoms with Crippen LogP contribution < -0.4 is 0 Å². The Balaban J connectivity index is 0.780. The number of carbonyl (C=O) groups excluding carboxylic acids is 2. The first-order valence-electron chi connectivity index (χ1n) is 23.7. The van der Waals surface area contributed by atoms with E-state index < -0.39 is 11.2 Å². The molecule has 0 radical (unpaired) electrons. The zero-order valence-corrected chi connectivity index (χ0v) is 36.6. The van der Waals surface area contributed by atoms with E-state index in [-0.39, 0.29) is 33.5 Å². The van der Waals surface area contributed by atoms with Crippen molar-refractivity contribution in [3.63, 3.8) is 0 Å². The second-order valence-electron chi connectivity index (χ2n) is 23.3. The number of carbonyl (C=O) groups is 2. The van der Waals surface area contributed by atoms with Gasteiger partial charge in [-0.05, 0) is 185 Å². The summed E-state index contributed by atoms with van der Waals surface area (Å²) in [4.78, 5) is 32.9. The van der Waals surface area contributed by atoms with E-state index >= 15 is 0 Å². The molecule has 8 aliphatic carbocycles. The predicted molar refractivity (Wildman–Crippen MR) is 222 cm³/mol. The first kappa shape index (κ1) is 40.9. The summed E-state index contributed by atoms with van der Waals surface area (Å²) in [6, 6.07) is 0. The third-order valence-electron chi connectivity index (χ3n) is 20.8. The Morgan fingerprint density at radius 3 is 1.35 bits per heavy atom. The van der Waals surface area contributed by atoms with Crippen LogP contribution in [0.2, 0.25) is 0 Å². The number of hydrogen-bond donors (Lipinski definition) is 2. The Labute approximate surface area is 344 Å². The van der Waals surface area contributed by atoms with Crippen molar-refractivity contribution in [2.45, 2.75) is 154 Å². The molecule has 57 heavy (non-hydrogen) atoms. The molecule has 1 heterocycles. The van der Waals surface area contributed by atoms with Crippen molar-refractivity contribution in [3.05, 3.63) is 12.4 Å². The maximum absolute atomic E-state index is 14.3. The molecule has 0 aromatic heterocycles. The van der Waals surface area contributed by atoms with Gasteiger partial charge in [0.2, 0.25) is 0 Å². The summed E-state index contributed by atoms with van der Waals surface area (Å²) in [5.41, 5.74) is -0.591. The molecule has 0 aromatic carbocycles. The van der Waals surface area contributed by atoms with Gasteiger partial charge in [-0.2, -0.15) is 0 Å². The van der Waals surface area contributed by atoms with Crippen molar-refractivity contribution in [1.29, 1.82) is 0 Å². The molecule has 2 N–H and O–H groups in total. The Morgan fingerprint density at radius 2 is 0.947 bits per heavy atom. The van der Waals surface area contributed by atoms with Crippen molar-refractivity contribution < 1.29 is 29.3 Å². The smallest absolute Gasteiger partial charge is 0.155 e. The Morgan fingerprint density at radius 1 is 0.544 bits per heavy atom. The lowest BCUT2D eigenvalue weighted by molar-refractivity contribution is -0.164. The maximum Gasteiger partial charge on any atom is 0.155 e. The van der Waals surface area contributed by atoms with E-state index in [2.05, 4.69) is 49.9 Å². The average Bonchev–Trinajstić information content (AvgIpc) is 3.87. The highest BCUT2D eigenvalue weighted by Gasteiger charge is 2.64. The van der Waals surface area contributed by atoms with Gasteiger partial charge in [-0.3, -0.25) is 9.59 Å². The summed E-state index contributed by atoms with van der Waals surface area (Å²) in [5.74, 6) is 6.26. The van der Waals surface area contributed by atoms with Gasteiger partial charge < -0.3 is 29.5 Å². The van der Waals surface area contributed by atoms with Gasteiger partial charge in [0, 0.05) is 38.5 Å². The van der Waals surface area contributed by atoms with Crippen LogP contribution in [0.1, 0.15) is 143 Å². The minimum atomic E-state index is -0.668. The van der Waals surface area contributed by atoms with E-state index in [1.54, 1.807) is 14.2 Å². The van der Waals surface area contributed by atoms with Crippen LogP contribution in [0, 0.1) is 80.8 Å². The lowest BCUT2D eigenvalue weighted by Crippen LogP contribution is -2.57. The molecule has 0 bridgehead atoms. The van der Waals surface area contributed by atoms with Crippen molar-refractivity contribution in [3.8, 4) is 0 Å². The number of fused-ring (bicyclic) bond motifs is 10. The number of aliphatic hydroxyl groups is 2. The third kappa shape index (κ3) is 6.55. The van der Waals surface area contributed by atoms with Crippen molar-refractivity contribution in [2.75, 3.05) is 47.2 Å². The first-order valence-corrected chi connectivity index (χ1v) is 23.7. The minimum Gasteiger partial charge on any atom is -0.387 e. The van der Waals surface area contributed by atoms with Gasteiger partial charge in [0.25, 0.3) is 0 Å². The van der Waals surface area contributed by atoms with E-state index in [0.29, 0.717) is 91.9 Å². The molecule has 8 fully saturated rings. The quantitative estimate of drug-likeness (QED) is 0.229. The van der Waals surface area contributed by atoms with Crippen LogP contribution in [0.25, 0.3) is 0 Å². The molecule has 0 aromatic rings. The Hall–Kier alpha value is -1.48. The SMILES string of the molecule is COC[C@@]1(O)CC[C@@]2(C)C(CCC3C2CC[C@@]2(C)C3CC[C@@H]2C(=O)CN2C=CN(CC(=O)[C@H]3CCC4C5CC[C@H]6C[C@@](O)(COC)CC[C@]6(C)C5CC[C@@]43C)C2)C1. The molecule has 0 saturated heterocycles. The third-order valence-corrected chi connectivity index (χ3v) is 20.8. The Bertz CT molecular complexity index is 1470. The highest BCUT2D eigenvalue weighted by Crippen LogP contribution is 2.70. The lowest BCUT2D eigenvalue weighted by Gasteiger charge is -2.62. The maximum atomic E-state index is 14.3. The Kier molecular flexibility index (Phi) is 10.5. The largest absolute Gasteiger partial charge is 0.387 e. The van der Waals surface area contributed by atoms with E-state index in [4.69, 9.17) is 9.47 Å². The normalized spacial score (nSPS) is 51.4. The number of Topliss-reactive ketones (excluding diaryl/α,β-unsaturated/α-hetero) is 2. The number of nitrogens with zero attached hydrogens (tertiary/aromatic N) is 2. The second kappa shape index (κ2) is 14.6. The molecule has 1 aliphatic heterocycles. The molecule has 9 rings (SSSR count). The molecule has 0 amide bonds. The summed E-state index contributed by atoms with van der Waals surface area (Å²) in [6.45, 7) is 12.5. The van der Waals surface area contributed by atoms with Gasteiger partial charge in [-0.1, -0.05) is 27.7 Å². The summed E-state index contributed by atoms with van der Waals surface area (Å²) < 4.78 is 10.9. The van der Waals surface area contributed by atoms with E-state index in [0.717, 1.165) is 64.2 Å². The fourth-order valence-electron chi connectivity index (χ4n) is 17.8. The van der Waals surface area contributed by atoms with Crippen LogP contribution in [0.5, 0.6) is 0 Å². The molecule has 0 spiro atoms. The van der Waals surface area contributed by atoms with Crippen LogP contribution >= 0.6 is 0 Å². The van der Waals surface area contributed by atoms with Crippen LogP contribution in [-0.4, -0.2) is 90.0 Å². The fourth-order valence-corrected chi connectivity index (χ4v) is 17.8. The topological polar surface area (TPSA) is 99.5 Å². The van der Waals surface area contributed by atoms with Gasteiger partial charge in [0.05, 0.1) is 44.2 Å². The predicted octanol–water partition coefficient (Wildman–Crippen LogP) is 8.24. The lowest BCUT2D eigenvalue weighted by atomic mass is 9.44. The standard InChI is InChI=1S/C49H78N2O6/c1-44-19-21-48(54,29-56-5)25-32(44)7-9-34-36-11-13-40(46(36,3)17-15-38(34)44)42(52)27-50-23-24-51(31-50)28-43(53)41-14-12-37-35-10-8-33-26-49(55,30-57-6)22-20-45(33,2)39(35)16-18-47(37,41)4/h23-24,32-41,54-55H,7-22,25-31H2,1-6H3/t32-,33?,34?,35?,36?,37?,38?,39?,40+,41+,44-,45-,46-,47-,48+,49+/m0/s1. The highest BCUT2D eigenvalue weighted by atomic mass is 16.5. The van der Waals surface area contributed by atoms with Crippen LogP contribution in [-0.2, 0) is 19.1 Å². The fraction of sp³-hybridized carbons (Fsp3) is 0.918. The summed E-state index contributed by atoms with van der Waals surface area (Å²) in [5, 5.41) is 22.6. The highest BCUT2D eigenvalue weighted by molar-refractivity contribution is 5.85. The molecule has 320 valence electrons. The second-order valence-corrected chi connectivity index (χ2v) is 23.3. The van der Waals surface area contributed by atoms with Crippen LogP contribution in [0.3, 0.4) is 0 Å². The molecule has 16 atom stereocenters. The van der Waals surface area contributed by atoms with Crippen LogP contribution in [0.4, 0.5) is 0 Å². The van der Waals surface area contributed by atoms with Gasteiger partial charge in [0.1, 0.15) is 0 Å². The number of ether oxygens (including phenoxy) is 2. The average molecular weight is 791 g/mol. The minimum absolute atomic E-state index is 0.0839. The number of hydrogen-bond acceptors (Lipinski definition) is 8. The number of ketones is 2. The van der Waals surface area contributed by atoms with Crippen LogP contribution in [0.15, 0.2) is 12.4 Å². The molecular formula is C49H78N2O6. The summed E-state index contributed by atoms with van der Waals surface area (Å²) in [6.07, 6.45) is 23.8. The van der Waals surface area contributed by atoms with E-state index in [1.165, 1.54) is 51.4 Å². The number of rotatable bonds is 10. The monoisotopic (exact) mass is 791 g/mol. The van der Waals surface area contributed by atoms with E-state index in [9.17, 15) is 19.8 Å². The summed E-state index contributed by atoms with van der Waals surface area (Å²) >= 11 is 0. The van der Waals surface area contributed by atoms with Gasteiger partial charge in [-0.25, -0.2) is 0 Å². The van der Waals surface area contributed by atoms with Gasteiger partial charge >= 0.3 is 0 Å². The summed E-state index contributed by atoms with van der Waals surface area (Å²) in [7, 11) is 3.42. The molecular weight excluding hydrogens is 713 g/mol. The van der Waals surface area contributed by atoms with Crippen molar-refractivity contribution in [1.82, 2.24) is 9.80 Å². The zero-order chi connectivity index (χ0) is 40.2. The van der Waals surface area contributed by atoms with Gasteiger partial charge in [-0.15, -0.1) is 0 Å². The van der Waals surface area contributed by atoms with Gasteiger partial charge in [0.15, 0.2) is 11.6 Å². The first-order chi connectivity index (χ1) is 27.1. The molecule has 7 unspecified atom stereocenters. The zero-order valence-electron chi connectivity index (χ0n) is 36.6. The van der Waals surface area contributed by atoms with E-state index in [1.807, 2.05) is 0 Å². The molecule has 8 saturated carbocycles. The van der Waals surface area contributed by atoms with Crippen molar-refractivity contribution in [2.24, 2.45) is 80.8 Å². The molecule has 8 nitrogen and oxygen atoms in total. The van der Waals surface area contributed by atoms with Crippen molar-refractivity contribution >= 4 is 11.6 Å². The molecule has 9 aliphatic rings.